The Bertz CT molecular complexity index is 2420. The van der Waals surface area contributed by atoms with Gasteiger partial charge >= 0.3 is 5.97 Å². The van der Waals surface area contributed by atoms with Crippen molar-refractivity contribution in [1.82, 2.24) is 56.1 Å². The molecule has 7 N–H and O–H groups in total. The number of rotatable bonds is 39. The lowest BCUT2D eigenvalue weighted by Gasteiger charge is -2.50. The maximum Gasteiger partial charge on any atom is 0.326 e. The van der Waals surface area contributed by atoms with Gasteiger partial charge in [0.1, 0.15) is 60.5 Å². The first-order valence-corrected chi connectivity index (χ1v) is 32.1. The average Bonchev–Trinajstić information content (AvgIpc) is 0.861. The van der Waals surface area contributed by atoms with Crippen LogP contribution in [-0.4, -0.2) is 239 Å². The van der Waals surface area contributed by atoms with E-state index in [1.807, 2.05) is 67.5 Å². The summed E-state index contributed by atoms with van der Waals surface area (Å²) in [6.45, 7) is 29.7. The van der Waals surface area contributed by atoms with Gasteiger partial charge in [-0.15, -0.1) is 0 Å². The van der Waals surface area contributed by atoms with Gasteiger partial charge in [-0.05, 0) is 122 Å². The Labute approximate surface area is 536 Å². The fraction of sp³-hybridized carbons (Fsp3) is 0.797. The first-order valence-electron chi connectivity index (χ1n) is 32.1. The highest BCUT2D eigenvalue weighted by Gasteiger charge is 2.54. The van der Waals surface area contributed by atoms with Crippen molar-refractivity contribution in [3.05, 3.63) is 12.2 Å². The molecule has 14 atom stereocenters. The van der Waals surface area contributed by atoms with Crippen LogP contribution in [0.3, 0.4) is 0 Å². The Kier molecular flexibility index (Phi) is 35.0. The summed E-state index contributed by atoms with van der Waals surface area (Å²) in [5.41, 5.74) is 0. The van der Waals surface area contributed by atoms with Gasteiger partial charge in [0, 0.05) is 48.5 Å². The maximum absolute atomic E-state index is 15.0. The Morgan fingerprint density at radius 3 is 1.51 bits per heavy atom. The normalized spacial score (nSPS) is 18.2. The van der Waals surface area contributed by atoms with Crippen LogP contribution in [0.15, 0.2) is 12.2 Å². The van der Waals surface area contributed by atoms with Crippen LogP contribution < -0.4 is 26.6 Å². The largest absolute Gasteiger partial charge is 0.480 e. The number of likely N-dealkylation sites (N-methyl/N-ethyl adjacent to an activating group) is 6. The summed E-state index contributed by atoms with van der Waals surface area (Å²) in [4.78, 5) is 167. The van der Waals surface area contributed by atoms with Crippen LogP contribution in [0.1, 0.15) is 163 Å². The van der Waals surface area contributed by atoms with E-state index >= 15 is 0 Å². The number of allylic oxidation sites excluding steroid dienone is 2. The highest BCUT2D eigenvalue weighted by molar-refractivity contribution is 5.99. The average molecular weight is 1280 g/mol. The second-order valence-electron chi connectivity index (χ2n) is 26.3. The van der Waals surface area contributed by atoms with Crippen LogP contribution in [0.25, 0.3) is 0 Å². The molecule has 1 fully saturated rings. The number of hydrogen-bond acceptors (Lipinski definition) is 15. The van der Waals surface area contributed by atoms with Crippen LogP contribution in [-0.2, 0) is 62.3 Å². The minimum atomic E-state index is -1.25. The lowest BCUT2D eigenvalue weighted by Crippen LogP contribution is -2.71. The molecule has 26 nitrogen and oxygen atoms in total. The van der Waals surface area contributed by atoms with Crippen molar-refractivity contribution in [2.75, 3.05) is 55.5 Å². The van der Waals surface area contributed by atoms with Crippen molar-refractivity contribution in [2.45, 2.75) is 241 Å². The Morgan fingerprint density at radius 1 is 0.567 bits per heavy atom. The lowest BCUT2D eigenvalue weighted by atomic mass is 9.90. The summed E-state index contributed by atoms with van der Waals surface area (Å²) in [5, 5.41) is 33.6. The topological polar surface area (TPSA) is 326 Å². The molecule has 0 aromatic rings. The number of carbonyl (C=O) groups excluding carboxylic acids is 10. The highest BCUT2D eigenvalue weighted by atomic mass is 16.7. The second-order valence-corrected chi connectivity index (χ2v) is 26.3. The number of nitrogens with zero attached hydrogens (tertiary/aromatic N) is 6. The smallest absolute Gasteiger partial charge is 0.326 e. The predicted octanol–water partition coefficient (Wildman–Crippen LogP) is 2.94. The molecule has 90 heavy (non-hydrogen) atoms. The highest BCUT2D eigenvalue weighted by Crippen LogP contribution is 2.34. The molecule has 10 amide bonds. The number of amides is 10. The Morgan fingerprint density at radius 2 is 1.04 bits per heavy atom. The number of unbranched alkanes of at least 4 members (excludes halogenated alkanes) is 1. The summed E-state index contributed by atoms with van der Waals surface area (Å²) in [6, 6.07) is -12.6. The van der Waals surface area contributed by atoms with Gasteiger partial charge < -0.3 is 66.0 Å². The van der Waals surface area contributed by atoms with Crippen molar-refractivity contribution >= 4 is 65.0 Å². The lowest BCUT2D eigenvalue weighted by molar-refractivity contribution is -0.321. The van der Waals surface area contributed by atoms with Gasteiger partial charge in [0.15, 0.2) is 6.04 Å². The van der Waals surface area contributed by atoms with E-state index in [0.717, 1.165) is 5.06 Å². The molecule has 26 heteroatoms. The summed E-state index contributed by atoms with van der Waals surface area (Å²) in [6.07, 6.45) is 4.13. The molecule has 0 unspecified atom stereocenters. The number of hydroxylamine groups is 2. The number of carboxylic acids is 1. The van der Waals surface area contributed by atoms with Gasteiger partial charge in [-0.3, -0.25) is 52.8 Å². The van der Waals surface area contributed by atoms with Gasteiger partial charge in [-0.2, -0.15) is 0 Å². The van der Waals surface area contributed by atoms with E-state index in [4.69, 9.17) is 9.57 Å². The molecule has 1 aliphatic rings. The van der Waals surface area contributed by atoms with Crippen LogP contribution in [0.4, 0.5) is 0 Å². The Hall–Kier alpha value is -6.25. The van der Waals surface area contributed by atoms with Gasteiger partial charge in [-0.1, -0.05) is 95.2 Å². The van der Waals surface area contributed by atoms with Crippen molar-refractivity contribution in [1.29, 1.82) is 0 Å². The number of carbonyl (C=O) groups is 11. The molecule has 1 saturated heterocycles. The summed E-state index contributed by atoms with van der Waals surface area (Å²) in [7, 11) is 8.84. The molecule has 0 aliphatic carbocycles. The van der Waals surface area contributed by atoms with E-state index in [0.29, 0.717) is 19.3 Å². The molecular formula is C64H115N11O15. The van der Waals surface area contributed by atoms with Crippen LogP contribution in [0, 0.1) is 35.5 Å². The van der Waals surface area contributed by atoms with Crippen LogP contribution in [0.2, 0.25) is 0 Å². The monoisotopic (exact) mass is 1280 g/mol. The minimum Gasteiger partial charge on any atom is -0.480 e. The summed E-state index contributed by atoms with van der Waals surface area (Å²) in [5.74, 6) is -9.40. The number of aliphatic hydroxyl groups is 1. The molecule has 1 rings (SSSR count). The van der Waals surface area contributed by atoms with Gasteiger partial charge in [0.25, 0.3) is 5.91 Å². The van der Waals surface area contributed by atoms with Crippen molar-refractivity contribution in [3.8, 4) is 0 Å². The zero-order valence-electron chi connectivity index (χ0n) is 58.4. The molecule has 0 radical (unpaired) electrons. The van der Waals surface area contributed by atoms with E-state index in [2.05, 4.69) is 26.6 Å². The van der Waals surface area contributed by atoms with E-state index < -0.39 is 156 Å². The number of nitrogens with one attached hydrogen (secondary N) is 5. The van der Waals surface area contributed by atoms with Crippen molar-refractivity contribution < 1.29 is 72.5 Å². The molecule has 1 aliphatic heterocycles. The maximum atomic E-state index is 15.0. The molecule has 0 saturated carbocycles. The zero-order chi connectivity index (χ0) is 69.5. The van der Waals surface area contributed by atoms with Gasteiger partial charge in [0.05, 0.1) is 12.1 Å². The standard InChI is InChI=1S/C64H115N11O15/c1-24-26-29-40(13)53-52(57(80)68-45(25-2)64(87)88)75(90-53)63(86)50(39(11)12)73(22)61(84)48(34-37(7)8)72(21)60(83)47(33-36(5)6)71(20)59(82)43(16)67-54(77)41(14)66-55(78)46(32-35(3)4)70(19)62(85)49(38(9)10)69-56(79)51(44(17)89-31-28-27-30-76)74(23)58(81)42(15)65-18/h24,26,35-53,65,76H,25,27-34H2,1-23H3,(H,66,78)(H,67,77)(H,68,80)(H,69,79)(H,87,88)/b26-24+/t40-,41+,42-,43-,44+,45+,46+,47+,48+,49+,50+,51+,52+,53-/m1/s1. The fourth-order valence-corrected chi connectivity index (χ4v) is 10.9. The van der Waals surface area contributed by atoms with Crippen molar-refractivity contribution in [2.24, 2.45) is 35.5 Å². The third-order valence-corrected chi connectivity index (χ3v) is 16.6. The predicted molar refractivity (Wildman–Crippen MR) is 342 cm³/mol. The van der Waals surface area contributed by atoms with E-state index in [1.165, 1.54) is 73.6 Å². The summed E-state index contributed by atoms with van der Waals surface area (Å²) < 4.78 is 5.97. The van der Waals surface area contributed by atoms with Gasteiger partial charge in [-0.25, -0.2) is 9.86 Å². The van der Waals surface area contributed by atoms with E-state index in [1.54, 1.807) is 55.5 Å². The van der Waals surface area contributed by atoms with Gasteiger partial charge in [0.2, 0.25) is 53.2 Å². The number of aliphatic hydroxyl groups excluding tert-OH is 1. The quantitative estimate of drug-likeness (QED) is 0.0344. The van der Waals surface area contributed by atoms with Crippen LogP contribution >= 0.6 is 0 Å². The Balaban J connectivity index is 3.52. The molecule has 1 heterocycles. The number of carboxylic acid groups (broad SMARTS) is 1. The molecule has 516 valence electrons. The molecule has 0 aromatic heterocycles. The number of ether oxygens (including phenoxy) is 1. The number of hydrogen-bond donors (Lipinski definition) is 7. The zero-order valence-corrected chi connectivity index (χ0v) is 58.4. The first kappa shape index (κ1) is 81.8. The fourth-order valence-electron chi connectivity index (χ4n) is 10.9. The van der Waals surface area contributed by atoms with Crippen molar-refractivity contribution in [3.63, 3.8) is 0 Å². The van der Waals surface area contributed by atoms with Crippen LogP contribution in [0.5, 0.6) is 0 Å². The number of aliphatic carboxylic acids is 1. The first-order chi connectivity index (χ1) is 41.8. The SMILES string of the molecule is C/C=C/C[C@@H](C)[C@H]1ON(C(=O)[C@H](C(C)C)N(C)C(=O)[C@H](CC(C)C)N(C)C(=O)[C@H](CC(C)C)N(C)C(=O)[C@@H](C)NC(=O)[C@H](C)NC(=O)[C@H](CC(C)C)N(C)C(=O)[C@@H](NC(=O)[C@H]([C@H](C)OCCCCO)N(C)C(=O)[C@@H](C)NC)C(C)C)[C@@H]1C(=O)N[C@@H](CC)C(=O)O. The minimum absolute atomic E-state index is 0.0420. The third-order valence-electron chi connectivity index (χ3n) is 16.6. The molecule has 0 bridgehead atoms. The van der Waals surface area contributed by atoms with E-state index in [-0.39, 0.29) is 62.6 Å². The molecule has 0 aromatic carbocycles. The third kappa shape index (κ3) is 23.1. The molecule has 0 spiro atoms. The second kappa shape index (κ2) is 38.6. The van der Waals surface area contributed by atoms with E-state index in [9.17, 15) is 63.0 Å². The molecular weight excluding hydrogens is 1160 g/mol. The summed E-state index contributed by atoms with van der Waals surface area (Å²) >= 11 is 0.